The molecule has 1 aromatic rings. The van der Waals surface area contributed by atoms with E-state index in [0.29, 0.717) is 11.5 Å². The lowest BCUT2D eigenvalue weighted by molar-refractivity contribution is 0.385. The van der Waals surface area contributed by atoms with Crippen molar-refractivity contribution in [2.75, 3.05) is 20.9 Å². The highest BCUT2D eigenvalue weighted by Crippen LogP contribution is 2.35. The molecule has 0 unspecified atom stereocenters. The summed E-state index contributed by atoms with van der Waals surface area (Å²) in [6, 6.07) is 3.15. The average molecular weight is 292 g/mol. The highest BCUT2D eigenvalue weighted by Gasteiger charge is 2.15. The lowest BCUT2D eigenvalue weighted by atomic mass is 10.0. The maximum absolute atomic E-state index is 12.3. The van der Waals surface area contributed by atoms with Gasteiger partial charge in [-0.1, -0.05) is 0 Å². The van der Waals surface area contributed by atoms with Crippen molar-refractivity contribution in [1.29, 1.82) is 0 Å². The summed E-state index contributed by atoms with van der Waals surface area (Å²) >= 11 is 3.35. The first-order valence-electron chi connectivity index (χ1n) is 4.87. The molecule has 0 spiro atoms. The molecule has 1 aromatic carbocycles. The molecule has 2 N–H and O–H groups in total. The average Bonchev–Trinajstić information content (AvgIpc) is 2.28. The van der Waals surface area contributed by atoms with E-state index >= 15 is 0 Å². The van der Waals surface area contributed by atoms with Crippen molar-refractivity contribution in [2.24, 2.45) is 5.73 Å². The van der Waals surface area contributed by atoms with Gasteiger partial charge in [-0.2, -0.15) is 0 Å². The molecule has 1 rings (SSSR count). The van der Waals surface area contributed by atoms with Crippen LogP contribution in [0.25, 0.3) is 0 Å². The van der Waals surface area contributed by atoms with Crippen LogP contribution in [0, 0.1) is 0 Å². The van der Waals surface area contributed by atoms with Crippen LogP contribution < -0.4 is 15.2 Å². The van der Waals surface area contributed by atoms with Crippen LogP contribution in [0.4, 0.5) is 4.39 Å². The summed E-state index contributed by atoms with van der Waals surface area (Å²) in [5, 5.41) is 0. The Morgan fingerprint density at radius 3 is 2.44 bits per heavy atom. The molecule has 0 saturated carbocycles. The maximum Gasteiger partial charge on any atom is 0.133 e. The Balaban J connectivity index is 3.13. The fourth-order valence-corrected chi connectivity index (χ4v) is 1.93. The number of alkyl halides is 1. The molecule has 0 aliphatic rings. The number of nitrogens with two attached hydrogens (primary N) is 1. The topological polar surface area (TPSA) is 44.5 Å². The van der Waals surface area contributed by atoms with Gasteiger partial charge < -0.3 is 15.2 Å². The van der Waals surface area contributed by atoms with Crippen molar-refractivity contribution >= 4 is 15.9 Å². The monoisotopic (exact) mass is 291 g/mol. The standard InChI is InChI=1S/C11H15BrFNO2/c1-15-10-6-8(12)11(16-2)5-7(10)9(14)3-4-13/h5-6,9H,3-4,14H2,1-2H3/t9-/m1/s1. The Bertz CT molecular complexity index is 360. The summed E-state index contributed by atoms with van der Waals surface area (Å²) in [5.74, 6) is 1.29. The fraction of sp³-hybridized carbons (Fsp3) is 0.455. The predicted molar refractivity (Wildman–Crippen MR) is 64.8 cm³/mol. The van der Waals surface area contributed by atoms with Gasteiger partial charge >= 0.3 is 0 Å². The van der Waals surface area contributed by atoms with Crippen LogP contribution >= 0.6 is 15.9 Å². The minimum atomic E-state index is -0.456. The molecule has 16 heavy (non-hydrogen) atoms. The fourth-order valence-electron chi connectivity index (χ4n) is 1.45. The molecule has 0 aliphatic carbocycles. The number of halogens is 2. The molecule has 5 heteroatoms. The van der Waals surface area contributed by atoms with Gasteiger partial charge in [0.15, 0.2) is 0 Å². The molecule has 90 valence electrons. The van der Waals surface area contributed by atoms with Crippen LogP contribution in [0.2, 0.25) is 0 Å². The second kappa shape index (κ2) is 6.06. The van der Waals surface area contributed by atoms with Gasteiger partial charge in [-0.15, -0.1) is 0 Å². The SMILES string of the molecule is COc1cc([C@H](N)CCF)c(OC)cc1Br. The second-order valence-electron chi connectivity index (χ2n) is 3.31. The first kappa shape index (κ1) is 13.3. The summed E-state index contributed by atoms with van der Waals surface area (Å²) < 4.78 is 23.4. The molecule has 0 radical (unpaired) electrons. The third-order valence-corrected chi connectivity index (χ3v) is 2.94. The number of hydrogen-bond donors (Lipinski definition) is 1. The van der Waals surface area contributed by atoms with Crippen LogP contribution in [0.3, 0.4) is 0 Å². The van der Waals surface area contributed by atoms with Crippen molar-refractivity contribution in [3.63, 3.8) is 0 Å². The van der Waals surface area contributed by atoms with Crippen LogP contribution in [0.5, 0.6) is 11.5 Å². The van der Waals surface area contributed by atoms with E-state index in [0.717, 1.165) is 10.0 Å². The van der Waals surface area contributed by atoms with E-state index in [1.165, 1.54) is 0 Å². The first-order chi connectivity index (χ1) is 7.63. The zero-order valence-electron chi connectivity index (χ0n) is 9.30. The Morgan fingerprint density at radius 1 is 1.31 bits per heavy atom. The van der Waals surface area contributed by atoms with Crippen LogP contribution in [0.15, 0.2) is 16.6 Å². The van der Waals surface area contributed by atoms with E-state index < -0.39 is 6.67 Å². The van der Waals surface area contributed by atoms with E-state index in [2.05, 4.69) is 15.9 Å². The molecular weight excluding hydrogens is 277 g/mol. The van der Waals surface area contributed by atoms with Gasteiger partial charge in [-0.25, -0.2) is 0 Å². The number of methoxy groups -OCH3 is 2. The quantitative estimate of drug-likeness (QED) is 0.907. The van der Waals surface area contributed by atoms with Crippen LogP contribution in [0.1, 0.15) is 18.0 Å². The molecule has 0 aromatic heterocycles. The molecule has 0 aliphatic heterocycles. The maximum atomic E-state index is 12.3. The lowest BCUT2D eigenvalue weighted by Crippen LogP contribution is -2.12. The molecular formula is C11H15BrFNO2. The van der Waals surface area contributed by atoms with Gasteiger partial charge in [0, 0.05) is 11.6 Å². The zero-order chi connectivity index (χ0) is 12.1. The normalized spacial score (nSPS) is 12.3. The summed E-state index contributed by atoms with van der Waals surface area (Å²) in [6.45, 7) is -0.456. The number of ether oxygens (including phenoxy) is 2. The summed E-state index contributed by atoms with van der Waals surface area (Å²) in [6.07, 6.45) is 0.265. The minimum Gasteiger partial charge on any atom is -0.496 e. The van der Waals surface area contributed by atoms with Gasteiger partial charge in [0.1, 0.15) is 11.5 Å². The first-order valence-corrected chi connectivity index (χ1v) is 5.66. The third-order valence-electron chi connectivity index (χ3n) is 2.32. The van der Waals surface area contributed by atoms with E-state index in [1.54, 1.807) is 26.4 Å². The summed E-state index contributed by atoms with van der Waals surface area (Å²) in [4.78, 5) is 0. The molecule has 0 heterocycles. The molecule has 0 saturated heterocycles. The number of hydrogen-bond acceptors (Lipinski definition) is 3. The van der Waals surface area contributed by atoms with Gasteiger partial charge in [0.2, 0.25) is 0 Å². The highest BCUT2D eigenvalue weighted by atomic mass is 79.9. The van der Waals surface area contributed by atoms with Crippen molar-refractivity contribution in [1.82, 2.24) is 0 Å². The van der Waals surface area contributed by atoms with Crippen molar-refractivity contribution in [3.05, 3.63) is 22.2 Å². The predicted octanol–water partition coefficient (Wildman–Crippen LogP) is 2.83. The van der Waals surface area contributed by atoms with Crippen molar-refractivity contribution < 1.29 is 13.9 Å². The van der Waals surface area contributed by atoms with E-state index in [1.807, 2.05) is 0 Å². The van der Waals surface area contributed by atoms with Gasteiger partial charge in [0.05, 0.1) is 25.4 Å². The largest absolute Gasteiger partial charge is 0.496 e. The third kappa shape index (κ3) is 2.86. The van der Waals surface area contributed by atoms with Gasteiger partial charge in [-0.3, -0.25) is 4.39 Å². The Kier molecular flexibility index (Phi) is 5.02. The second-order valence-corrected chi connectivity index (χ2v) is 4.17. The molecule has 3 nitrogen and oxygen atoms in total. The van der Waals surface area contributed by atoms with Crippen LogP contribution in [-0.4, -0.2) is 20.9 Å². The van der Waals surface area contributed by atoms with E-state index in [9.17, 15) is 4.39 Å². The highest BCUT2D eigenvalue weighted by molar-refractivity contribution is 9.10. The lowest BCUT2D eigenvalue weighted by Gasteiger charge is -2.16. The molecule has 1 atom stereocenters. The van der Waals surface area contributed by atoms with E-state index in [4.69, 9.17) is 15.2 Å². The van der Waals surface area contributed by atoms with Crippen LogP contribution in [-0.2, 0) is 0 Å². The number of benzene rings is 1. The molecule has 0 amide bonds. The van der Waals surface area contributed by atoms with Gasteiger partial charge in [-0.05, 0) is 34.5 Å². The van der Waals surface area contributed by atoms with E-state index in [-0.39, 0.29) is 12.5 Å². The van der Waals surface area contributed by atoms with Gasteiger partial charge in [0.25, 0.3) is 0 Å². The smallest absolute Gasteiger partial charge is 0.133 e. The summed E-state index contributed by atoms with van der Waals surface area (Å²) in [5.41, 5.74) is 6.61. The Morgan fingerprint density at radius 2 is 1.94 bits per heavy atom. The van der Waals surface area contributed by atoms with Crippen molar-refractivity contribution in [3.8, 4) is 11.5 Å². The van der Waals surface area contributed by atoms with Crippen molar-refractivity contribution in [2.45, 2.75) is 12.5 Å². The number of rotatable bonds is 5. The minimum absolute atomic E-state index is 0.265. The zero-order valence-corrected chi connectivity index (χ0v) is 10.9. The Hall–Kier alpha value is -0.810. The summed E-state index contributed by atoms with van der Waals surface area (Å²) in [7, 11) is 3.12. The molecule has 0 bridgehead atoms. The molecule has 0 fully saturated rings. The Labute approximate surface area is 103 Å².